The Morgan fingerprint density at radius 1 is 1.09 bits per heavy atom. The summed E-state index contributed by atoms with van der Waals surface area (Å²) in [4.78, 5) is 41.8. The first kappa shape index (κ1) is 22.6. The minimum Gasteiger partial charge on any atom is -0.273 e. The minimum absolute atomic E-state index is 0.117. The average Bonchev–Trinajstić information content (AvgIpc) is 2.80. The number of nitro groups is 1. The SMILES string of the molecule is CC(C)(C)C1CCC(C(=O)Nn2c(-c3cccc([N+](=O)[O-])c3)nc3ccccc3c2=O)CC1. The van der Waals surface area contributed by atoms with Crippen molar-refractivity contribution in [1.82, 2.24) is 9.66 Å². The van der Waals surface area contributed by atoms with E-state index in [1.165, 1.54) is 18.2 Å². The molecule has 1 aromatic heterocycles. The number of carbonyl (C=O) groups is 1. The van der Waals surface area contributed by atoms with E-state index in [4.69, 9.17) is 0 Å². The molecule has 172 valence electrons. The van der Waals surface area contributed by atoms with Crippen LogP contribution >= 0.6 is 0 Å². The van der Waals surface area contributed by atoms with E-state index in [-0.39, 0.29) is 28.8 Å². The molecule has 0 saturated heterocycles. The number of nitrogens with zero attached hydrogens (tertiary/aromatic N) is 3. The van der Waals surface area contributed by atoms with Crippen LogP contribution in [0.3, 0.4) is 0 Å². The molecule has 8 nitrogen and oxygen atoms in total. The summed E-state index contributed by atoms with van der Waals surface area (Å²) in [6.07, 6.45) is 3.44. The standard InChI is InChI=1S/C25H28N4O4/c1-25(2,3)18-13-11-16(12-14-18)23(30)27-28-22(17-7-6-8-19(15-17)29(32)33)26-21-10-5-4-9-20(21)24(28)31/h4-10,15-16,18H,11-14H2,1-3H3,(H,27,30). The molecule has 1 heterocycles. The fourth-order valence-corrected chi connectivity index (χ4v) is 4.61. The van der Waals surface area contributed by atoms with E-state index in [9.17, 15) is 19.7 Å². The molecule has 1 fully saturated rings. The number of hydrogen-bond acceptors (Lipinski definition) is 5. The third-order valence-electron chi connectivity index (χ3n) is 6.64. The number of aromatic nitrogens is 2. The Labute approximate surface area is 191 Å². The molecule has 0 bridgehead atoms. The molecule has 0 atom stereocenters. The van der Waals surface area contributed by atoms with Gasteiger partial charge in [0.1, 0.15) is 0 Å². The summed E-state index contributed by atoms with van der Waals surface area (Å²) in [6, 6.07) is 12.8. The number of nitrogens with one attached hydrogen (secondary N) is 1. The zero-order valence-corrected chi connectivity index (χ0v) is 19.1. The van der Waals surface area contributed by atoms with Crippen molar-refractivity contribution in [3.63, 3.8) is 0 Å². The number of non-ortho nitro benzene ring substituents is 1. The Morgan fingerprint density at radius 2 is 1.79 bits per heavy atom. The summed E-state index contributed by atoms with van der Waals surface area (Å²) >= 11 is 0. The lowest BCUT2D eigenvalue weighted by atomic mass is 9.70. The topological polar surface area (TPSA) is 107 Å². The van der Waals surface area contributed by atoms with Crippen molar-refractivity contribution < 1.29 is 9.72 Å². The van der Waals surface area contributed by atoms with Gasteiger partial charge in [0, 0.05) is 23.6 Å². The van der Waals surface area contributed by atoms with Crippen molar-refractivity contribution in [1.29, 1.82) is 0 Å². The molecule has 1 N–H and O–H groups in total. The third-order valence-corrected chi connectivity index (χ3v) is 6.64. The van der Waals surface area contributed by atoms with Gasteiger partial charge in [0.15, 0.2) is 5.82 Å². The molecular weight excluding hydrogens is 420 g/mol. The van der Waals surface area contributed by atoms with E-state index < -0.39 is 10.5 Å². The van der Waals surface area contributed by atoms with Crippen LogP contribution in [-0.2, 0) is 4.79 Å². The van der Waals surface area contributed by atoms with Crippen LogP contribution in [0, 0.1) is 27.4 Å². The third kappa shape index (κ3) is 4.65. The number of rotatable bonds is 4. The van der Waals surface area contributed by atoms with E-state index in [1.54, 1.807) is 30.3 Å². The quantitative estimate of drug-likeness (QED) is 0.451. The lowest BCUT2D eigenvalue weighted by Crippen LogP contribution is -2.39. The van der Waals surface area contributed by atoms with E-state index in [0.717, 1.165) is 30.4 Å². The van der Waals surface area contributed by atoms with Crippen LogP contribution in [0.5, 0.6) is 0 Å². The Bertz CT molecular complexity index is 1270. The van der Waals surface area contributed by atoms with Gasteiger partial charge in [-0.25, -0.2) is 4.98 Å². The maximum Gasteiger partial charge on any atom is 0.280 e. The van der Waals surface area contributed by atoms with Crippen molar-refractivity contribution in [3.05, 3.63) is 69.0 Å². The monoisotopic (exact) mass is 448 g/mol. The number of hydrogen-bond donors (Lipinski definition) is 1. The van der Waals surface area contributed by atoms with Gasteiger partial charge in [0.25, 0.3) is 11.2 Å². The van der Waals surface area contributed by atoms with Gasteiger partial charge in [-0.15, -0.1) is 0 Å². The van der Waals surface area contributed by atoms with Crippen molar-refractivity contribution >= 4 is 22.5 Å². The predicted molar refractivity (Wildman–Crippen MR) is 127 cm³/mol. The van der Waals surface area contributed by atoms with Gasteiger partial charge in [-0.3, -0.25) is 25.1 Å². The van der Waals surface area contributed by atoms with Crippen LogP contribution in [0.25, 0.3) is 22.3 Å². The molecule has 0 aliphatic heterocycles. The molecule has 3 aromatic rings. The highest BCUT2D eigenvalue weighted by Gasteiger charge is 2.33. The lowest BCUT2D eigenvalue weighted by molar-refractivity contribution is -0.384. The average molecular weight is 449 g/mol. The molecule has 1 aliphatic carbocycles. The smallest absolute Gasteiger partial charge is 0.273 e. The Kier molecular flexibility index (Phi) is 6.01. The molecule has 4 rings (SSSR count). The lowest BCUT2D eigenvalue weighted by Gasteiger charge is -2.36. The number of para-hydroxylation sites is 1. The maximum atomic E-state index is 13.3. The summed E-state index contributed by atoms with van der Waals surface area (Å²) < 4.78 is 1.14. The zero-order valence-electron chi connectivity index (χ0n) is 19.1. The summed E-state index contributed by atoms with van der Waals surface area (Å²) in [5.74, 6) is 0.305. The molecule has 0 radical (unpaired) electrons. The first-order chi connectivity index (χ1) is 15.6. The Morgan fingerprint density at radius 3 is 2.45 bits per heavy atom. The summed E-state index contributed by atoms with van der Waals surface area (Å²) in [5, 5.41) is 11.6. The Hall–Kier alpha value is -3.55. The van der Waals surface area contributed by atoms with E-state index in [0.29, 0.717) is 22.4 Å². The van der Waals surface area contributed by atoms with Gasteiger partial charge >= 0.3 is 0 Å². The van der Waals surface area contributed by atoms with Crippen molar-refractivity contribution in [2.24, 2.45) is 17.3 Å². The van der Waals surface area contributed by atoms with Crippen molar-refractivity contribution in [2.75, 3.05) is 5.43 Å². The second kappa shape index (κ2) is 8.77. The fraction of sp³-hybridized carbons (Fsp3) is 0.400. The molecule has 0 unspecified atom stereocenters. The molecule has 2 aromatic carbocycles. The minimum atomic E-state index is -0.501. The van der Waals surface area contributed by atoms with E-state index in [1.807, 2.05) is 0 Å². The number of fused-ring (bicyclic) bond motifs is 1. The molecule has 33 heavy (non-hydrogen) atoms. The molecule has 0 spiro atoms. The first-order valence-electron chi connectivity index (χ1n) is 11.2. The van der Waals surface area contributed by atoms with E-state index in [2.05, 4.69) is 31.2 Å². The summed E-state index contributed by atoms with van der Waals surface area (Å²) in [5.41, 5.74) is 3.28. The van der Waals surface area contributed by atoms with Gasteiger partial charge < -0.3 is 0 Å². The highest BCUT2D eigenvalue weighted by Crippen LogP contribution is 2.40. The number of amides is 1. The number of nitro benzene ring substituents is 1. The second-order valence-corrected chi connectivity index (χ2v) is 9.79. The zero-order chi connectivity index (χ0) is 23.8. The van der Waals surface area contributed by atoms with Crippen molar-refractivity contribution in [3.8, 4) is 11.4 Å². The van der Waals surface area contributed by atoms with Crippen LogP contribution in [0.15, 0.2) is 53.3 Å². The summed E-state index contributed by atoms with van der Waals surface area (Å²) in [7, 11) is 0. The van der Waals surface area contributed by atoms with Gasteiger partial charge in [-0.05, 0) is 49.1 Å². The molecule has 1 aliphatic rings. The molecule has 8 heteroatoms. The highest BCUT2D eigenvalue weighted by atomic mass is 16.6. The second-order valence-electron chi connectivity index (χ2n) is 9.79. The van der Waals surface area contributed by atoms with Crippen LogP contribution in [0.2, 0.25) is 0 Å². The largest absolute Gasteiger partial charge is 0.280 e. The van der Waals surface area contributed by atoms with Gasteiger partial charge in [0.05, 0.1) is 15.8 Å². The predicted octanol–water partition coefficient (Wildman–Crippen LogP) is 4.89. The van der Waals surface area contributed by atoms with Gasteiger partial charge in [0.2, 0.25) is 5.91 Å². The maximum absolute atomic E-state index is 13.3. The van der Waals surface area contributed by atoms with Crippen LogP contribution < -0.4 is 11.0 Å². The first-order valence-corrected chi connectivity index (χ1v) is 11.2. The van der Waals surface area contributed by atoms with Crippen molar-refractivity contribution in [2.45, 2.75) is 46.5 Å². The van der Waals surface area contributed by atoms with E-state index >= 15 is 0 Å². The van der Waals surface area contributed by atoms with Crippen LogP contribution in [-0.4, -0.2) is 20.5 Å². The summed E-state index contributed by atoms with van der Waals surface area (Å²) in [6.45, 7) is 6.68. The molecule has 1 saturated carbocycles. The van der Waals surface area contributed by atoms with Gasteiger partial charge in [-0.1, -0.05) is 45.0 Å². The molecular formula is C25H28N4O4. The number of benzene rings is 2. The Balaban J connectivity index is 1.71. The molecule has 1 amide bonds. The van der Waals surface area contributed by atoms with Crippen LogP contribution in [0.1, 0.15) is 46.5 Å². The van der Waals surface area contributed by atoms with Gasteiger partial charge in [-0.2, -0.15) is 4.68 Å². The fourth-order valence-electron chi connectivity index (χ4n) is 4.61. The van der Waals surface area contributed by atoms with Crippen LogP contribution in [0.4, 0.5) is 5.69 Å². The number of carbonyl (C=O) groups excluding carboxylic acids is 1. The normalized spacial score (nSPS) is 18.8. The highest BCUT2D eigenvalue weighted by molar-refractivity contribution is 5.88.